The zero-order chi connectivity index (χ0) is 83.6. The minimum Gasteiger partial charge on any atom is -0.508 e. The molecule has 0 spiro atoms. The molecule has 0 aliphatic carbocycles. The summed E-state index contributed by atoms with van der Waals surface area (Å²) in [4.78, 5) is 193. The second-order valence-electron chi connectivity index (χ2n) is 27.9. The zero-order valence-corrected chi connectivity index (χ0v) is 65.4. The summed E-state index contributed by atoms with van der Waals surface area (Å²) in [6, 6.07) is -2.98. The van der Waals surface area contributed by atoms with E-state index in [0.29, 0.717) is 29.7 Å². The molecular weight excluding hydrogens is 1460 g/mol. The maximum atomic E-state index is 14.7. The molecule has 0 radical (unpaired) electrons. The molecule has 620 valence electrons. The number of carbonyl (C=O) groups excluding carboxylic acids is 12. The summed E-state index contributed by atoms with van der Waals surface area (Å²) in [7, 11) is 0. The lowest BCUT2D eigenvalue weighted by Crippen LogP contribution is -2.62. The predicted molar refractivity (Wildman–Crippen MR) is 414 cm³/mol. The van der Waals surface area contributed by atoms with E-state index in [1.807, 2.05) is 6.26 Å². The van der Waals surface area contributed by atoms with E-state index in [0.717, 1.165) is 0 Å². The first-order valence-corrected chi connectivity index (χ1v) is 38.4. The van der Waals surface area contributed by atoms with Crippen LogP contribution in [0.4, 0.5) is 0 Å². The molecule has 0 unspecified atom stereocenters. The van der Waals surface area contributed by atoms with Gasteiger partial charge < -0.3 is 118 Å². The largest absolute Gasteiger partial charge is 0.508 e. The highest BCUT2D eigenvalue weighted by Crippen LogP contribution is 2.17. The lowest BCUT2D eigenvalue weighted by Gasteiger charge is -2.31. The number of unbranched alkanes of at least 4 members (excludes halogenated alkanes) is 1. The highest BCUT2D eigenvalue weighted by molar-refractivity contribution is 7.98. The number of nitrogens with one attached hydrogen (secondary N) is 16. The Morgan fingerprint density at radius 2 is 0.928 bits per heavy atom. The molecule has 2 aromatic rings. The topological polar surface area (TPSA) is 640 Å². The maximum Gasteiger partial charge on any atom is 0.326 e. The van der Waals surface area contributed by atoms with E-state index < -0.39 is 205 Å². The summed E-state index contributed by atoms with van der Waals surface area (Å²) in [5.41, 5.74) is 24.0. The first-order chi connectivity index (χ1) is 52.3. The van der Waals surface area contributed by atoms with Gasteiger partial charge in [0.05, 0.1) is 18.7 Å². The quantitative estimate of drug-likeness (QED) is 0.0173. The number of aliphatic hydroxyl groups is 1. The van der Waals surface area contributed by atoms with Crippen LogP contribution in [0.15, 0.2) is 54.6 Å². The van der Waals surface area contributed by atoms with Gasteiger partial charge in [0.15, 0.2) is 11.9 Å². The van der Waals surface area contributed by atoms with Gasteiger partial charge in [0.2, 0.25) is 70.9 Å². The summed E-state index contributed by atoms with van der Waals surface area (Å²) in [6.07, 6.45) is -0.214. The standard InChI is InChI=1S/C72H118N20O18S/c1-10-40(6)57(92-67(106)56(39(4)5)91-65(104)49(22-17-32-80-72(77)78)86-69(108)58(42(8)93)90-54(95)37-81-61(100)52(35-44-23-25-45(94)26-24-44)88-60(99)46(74)29-33-111-9)68(107)85-48(21-16-31-79-71(75)76)63(102)83-47(20-14-15-30-73)62(101)82-41(7)59(98)87-51(34-38(2)3)66(105)84-50(27-28-55(96)97)64(103)89-53(70(109)110)36-43-18-12-11-13-19-43/h11-13,18-19,23-26,38-42,46-53,56-58,93-94H,10,14-17,20-22,27-37,73-74H2,1-9H3,(H,81,100)(H,82,101)(H,83,102)(H,84,105)(H,85,107)(H,86,108)(H,87,98)(H,88,99)(H,89,103)(H,90,95)(H,91,104)(H,92,106)(H,96,97)(H,109,110)(H4,75,76,79)(H4,77,78,80)/t40-,41-,42+,46-,47-,48-,49-,50-,51-,52-,53-,56-,57-,58-/m0/s1. The molecule has 12 amide bonds. The first kappa shape index (κ1) is 96.7. The van der Waals surface area contributed by atoms with Gasteiger partial charge in [-0.2, -0.15) is 11.8 Å². The number of carboxylic acids is 2. The van der Waals surface area contributed by atoms with E-state index >= 15 is 0 Å². The van der Waals surface area contributed by atoms with Crippen LogP contribution < -0.4 is 97.4 Å². The van der Waals surface area contributed by atoms with E-state index in [9.17, 15) is 87.5 Å². The number of hydrogen-bond donors (Lipinski definition) is 24. The highest BCUT2D eigenvalue weighted by Gasteiger charge is 2.38. The third-order valence-electron chi connectivity index (χ3n) is 17.6. The summed E-state index contributed by atoms with van der Waals surface area (Å²) in [5.74, 6) is -15.6. The molecule has 0 fully saturated rings. The van der Waals surface area contributed by atoms with Crippen LogP contribution in [-0.2, 0) is 80.0 Å². The Morgan fingerprint density at radius 3 is 1.42 bits per heavy atom. The summed E-state index contributed by atoms with van der Waals surface area (Å²) in [5, 5.41) is 91.2. The Hall–Kier alpha value is -10.4. The molecule has 28 N–H and O–H groups in total. The van der Waals surface area contributed by atoms with Crippen LogP contribution in [0.1, 0.15) is 144 Å². The second-order valence-corrected chi connectivity index (χ2v) is 28.8. The third-order valence-corrected chi connectivity index (χ3v) is 18.3. The Balaban J connectivity index is 2.45. The molecule has 2 aromatic carbocycles. The van der Waals surface area contributed by atoms with Crippen molar-refractivity contribution < 1.29 is 87.5 Å². The Morgan fingerprint density at radius 1 is 0.477 bits per heavy atom. The molecule has 2 rings (SSSR count). The predicted octanol–water partition coefficient (Wildman–Crippen LogP) is -3.54. The van der Waals surface area contributed by atoms with E-state index in [-0.39, 0.29) is 95.5 Å². The number of rotatable bonds is 53. The summed E-state index contributed by atoms with van der Waals surface area (Å²) in [6.45, 7) is 11.9. The fraction of sp³-hybridized carbons (Fsp3) is 0.611. The monoisotopic (exact) mass is 1580 g/mol. The van der Waals surface area contributed by atoms with E-state index in [4.69, 9.17) is 33.8 Å². The van der Waals surface area contributed by atoms with Crippen molar-refractivity contribution in [3.05, 3.63) is 65.7 Å². The van der Waals surface area contributed by atoms with Gasteiger partial charge in [-0.1, -0.05) is 90.4 Å². The number of hydrogen-bond acceptors (Lipinski definition) is 21. The smallest absolute Gasteiger partial charge is 0.326 e. The highest BCUT2D eigenvalue weighted by atomic mass is 32.2. The average Bonchev–Trinajstić information content (AvgIpc) is 0.833. The van der Waals surface area contributed by atoms with E-state index in [1.165, 1.54) is 49.9 Å². The lowest BCUT2D eigenvalue weighted by atomic mass is 9.95. The Kier molecular flexibility index (Phi) is 44.5. The first-order valence-electron chi connectivity index (χ1n) is 37.0. The van der Waals surface area contributed by atoms with Crippen LogP contribution in [0.25, 0.3) is 0 Å². The number of thioether (sulfide) groups is 1. The van der Waals surface area contributed by atoms with Gasteiger partial charge in [-0.25, -0.2) is 4.79 Å². The normalized spacial score (nSPS) is 14.9. The number of phenolic OH excluding ortho intramolecular Hbond substituents is 1. The van der Waals surface area contributed by atoms with Gasteiger partial charge >= 0.3 is 11.9 Å². The van der Waals surface area contributed by atoms with Crippen LogP contribution in [0.2, 0.25) is 0 Å². The van der Waals surface area contributed by atoms with Crippen LogP contribution in [0.5, 0.6) is 5.75 Å². The van der Waals surface area contributed by atoms with Crippen molar-refractivity contribution in [2.24, 2.45) is 40.7 Å². The van der Waals surface area contributed by atoms with Crippen molar-refractivity contribution in [2.45, 2.75) is 224 Å². The third kappa shape index (κ3) is 37.7. The number of carboxylic acid groups (broad SMARTS) is 2. The number of aromatic hydroxyl groups is 1. The van der Waals surface area contributed by atoms with E-state index in [1.54, 1.807) is 71.9 Å². The van der Waals surface area contributed by atoms with Crippen molar-refractivity contribution in [1.82, 2.24) is 74.4 Å². The molecule has 0 aliphatic heterocycles. The van der Waals surface area contributed by atoms with Gasteiger partial charge in [-0.3, -0.25) is 73.1 Å². The summed E-state index contributed by atoms with van der Waals surface area (Å²) >= 11 is 1.46. The van der Waals surface area contributed by atoms with Crippen LogP contribution >= 0.6 is 11.8 Å². The van der Waals surface area contributed by atoms with Crippen LogP contribution in [0.3, 0.4) is 0 Å². The molecule has 0 aromatic heterocycles. The molecular formula is C72H118N20O18S. The molecule has 0 saturated heterocycles. The molecule has 0 saturated carbocycles. The van der Waals surface area contributed by atoms with Gasteiger partial charge in [0, 0.05) is 32.4 Å². The number of benzene rings is 2. The summed E-state index contributed by atoms with van der Waals surface area (Å²) < 4.78 is 0. The van der Waals surface area contributed by atoms with Crippen LogP contribution in [-0.4, -0.2) is 232 Å². The van der Waals surface area contributed by atoms with E-state index in [2.05, 4.69) is 74.4 Å². The van der Waals surface area contributed by atoms with Gasteiger partial charge in [0.25, 0.3) is 0 Å². The molecule has 0 heterocycles. The van der Waals surface area contributed by atoms with Crippen molar-refractivity contribution in [3.63, 3.8) is 0 Å². The SMILES string of the molecule is CC[C@H](C)[C@H](NC(=O)[C@@H](NC(=O)[C@H](CCCNC(=N)N)NC(=O)[C@@H](NC(=O)CNC(=O)[C@H](Cc1ccc(O)cc1)NC(=O)[C@@H](N)CCSC)[C@@H](C)O)C(C)C)C(=O)N[C@@H](CCCNC(=N)N)C(=O)N[C@@H](CCCCN)C(=O)N[C@@H](C)C(=O)N[C@@H](CC(C)C)C(=O)N[C@@H](CCC(=O)O)C(=O)N[C@@H](Cc1ccccc1)C(=O)O. The maximum absolute atomic E-state index is 14.7. The number of aliphatic carboxylic acids is 2. The number of guanidine groups is 2. The van der Waals surface area contributed by atoms with Gasteiger partial charge in [-0.05, 0) is 138 Å². The number of amides is 12. The Labute approximate surface area is 650 Å². The van der Waals surface area contributed by atoms with Crippen molar-refractivity contribution in [2.75, 3.05) is 38.2 Å². The molecule has 39 heteroatoms. The molecule has 111 heavy (non-hydrogen) atoms. The van der Waals surface area contributed by atoms with Crippen molar-refractivity contribution in [3.8, 4) is 5.75 Å². The number of nitrogens with two attached hydrogens (primary N) is 4. The van der Waals surface area contributed by atoms with Gasteiger partial charge in [0.1, 0.15) is 72.2 Å². The molecule has 14 atom stereocenters. The lowest BCUT2D eigenvalue weighted by molar-refractivity contribution is -0.143. The number of phenols is 1. The van der Waals surface area contributed by atoms with Crippen LogP contribution in [0, 0.1) is 28.6 Å². The van der Waals surface area contributed by atoms with Crippen molar-refractivity contribution >= 4 is 107 Å². The van der Waals surface area contributed by atoms with Crippen molar-refractivity contribution in [1.29, 1.82) is 10.8 Å². The zero-order valence-electron chi connectivity index (χ0n) is 64.6. The average molecular weight is 1580 g/mol. The molecule has 0 aliphatic rings. The minimum absolute atomic E-state index is 0.0175. The second kappa shape index (κ2) is 51.1. The number of carbonyl (C=O) groups is 14. The Bertz CT molecular complexity index is 3410. The molecule has 38 nitrogen and oxygen atoms in total. The molecule has 0 bridgehead atoms. The number of aliphatic hydroxyl groups excluding tert-OH is 1. The fourth-order valence-electron chi connectivity index (χ4n) is 11.0. The van der Waals surface area contributed by atoms with Gasteiger partial charge in [-0.15, -0.1) is 0 Å². The minimum atomic E-state index is -1.77. The fourth-order valence-corrected chi connectivity index (χ4v) is 11.5.